The molecule has 0 radical (unpaired) electrons. The van der Waals surface area contributed by atoms with E-state index in [2.05, 4.69) is 18.5 Å². The lowest BCUT2D eigenvalue weighted by Gasteiger charge is -2.11. The van der Waals surface area contributed by atoms with Crippen LogP contribution in [-0.2, 0) is 19.3 Å². The molecule has 0 bridgehead atoms. The van der Waals surface area contributed by atoms with E-state index >= 15 is 0 Å². The third-order valence-electron chi connectivity index (χ3n) is 3.63. The van der Waals surface area contributed by atoms with Crippen molar-refractivity contribution in [1.29, 1.82) is 0 Å². The first-order valence-electron chi connectivity index (χ1n) is 8.21. The molecule has 1 atom stereocenters. The maximum atomic E-state index is 11.2. The van der Waals surface area contributed by atoms with E-state index < -0.39 is 17.0 Å². The summed E-state index contributed by atoms with van der Waals surface area (Å²) in [7, 11) is -0.369. The van der Waals surface area contributed by atoms with E-state index in [1.165, 1.54) is 24.4 Å². The Hall–Kier alpha value is -2.07. The number of H-pyrrole nitrogens is 1. The van der Waals surface area contributed by atoms with Crippen LogP contribution in [0.4, 0.5) is 5.69 Å². The van der Waals surface area contributed by atoms with Crippen molar-refractivity contribution in [3.05, 3.63) is 48.0 Å². The molecule has 0 spiro atoms. The summed E-state index contributed by atoms with van der Waals surface area (Å²) in [6.45, 7) is 2.19. The Kier molecular flexibility index (Phi) is 6.73. The normalized spacial score (nSPS) is 13.7. The van der Waals surface area contributed by atoms with E-state index in [1.54, 1.807) is 24.3 Å². The number of ether oxygens (including phenoxy) is 1. The van der Waals surface area contributed by atoms with Crippen molar-refractivity contribution in [3.8, 4) is 5.75 Å². The van der Waals surface area contributed by atoms with Gasteiger partial charge in [0.2, 0.25) is 0 Å². The molecule has 9 heteroatoms. The third kappa shape index (κ3) is 5.70. The van der Waals surface area contributed by atoms with Gasteiger partial charge in [-0.05, 0) is 48.9 Å². The predicted octanol–water partition coefficient (Wildman–Crippen LogP) is 3.74. The van der Waals surface area contributed by atoms with E-state index in [9.17, 15) is 9.32 Å². The van der Waals surface area contributed by atoms with Crippen molar-refractivity contribution < 1.29 is 18.2 Å². The van der Waals surface area contributed by atoms with Crippen LogP contribution in [0.1, 0.15) is 5.56 Å². The van der Waals surface area contributed by atoms with Gasteiger partial charge in [-0.1, -0.05) is 28.7 Å². The molecule has 2 N–H and O–H groups in total. The summed E-state index contributed by atoms with van der Waals surface area (Å²) in [5.74, 6) is 1.05. The summed E-state index contributed by atoms with van der Waals surface area (Å²) in [6, 6.07) is 12.8. The number of aromatic nitrogens is 2. The Morgan fingerprint density at radius 2 is 2.07 bits per heavy atom. The van der Waals surface area contributed by atoms with E-state index in [1.807, 2.05) is 25.1 Å². The topological polar surface area (TPSA) is 96.8 Å². The van der Waals surface area contributed by atoms with Gasteiger partial charge in [-0.25, -0.2) is 4.98 Å². The van der Waals surface area contributed by atoms with E-state index in [0.29, 0.717) is 17.2 Å². The molecule has 0 aliphatic rings. The van der Waals surface area contributed by atoms with Gasteiger partial charge in [0.1, 0.15) is 12.4 Å². The van der Waals surface area contributed by atoms with Crippen molar-refractivity contribution in [3.63, 3.8) is 0 Å². The van der Waals surface area contributed by atoms with E-state index in [4.69, 9.17) is 4.74 Å². The fraction of sp³-hybridized carbons (Fsp3) is 0.278. The Morgan fingerprint density at radius 1 is 1.30 bits per heavy atom. The number of hydrogen-bond acceptors (Lipinski definition) is 8. The van der Waals surface area contributed by atoms with Gasteiger partial charge < -0.3 is 27.6 Å². The first-order valence-corrected chi connectivity index (χ1v) is 10.2. The number of nitrogens with one attached hydrogen (secondary N) is 1. The van der Waals surface area contributed by atoms with Crippen molar-refractivity contribution in [2.75, 3.05) is 19.5 Å². The number of aliphatic hydroxyl groups is 1. The summed E-state index contributed by atoms with van der Waals surface area (Å²) >= 11 is 1.45. The highest BCUT2D eigenvalue weighted by atomic mass is 32.2. The largest absolute Gasteiger partial charge is 0.491 e. The van der Waals surface area contributed by atoms with Crippen LogP contribution in [0.3, 0.4) is 0 Å². The molecule has 3 aromatic rings. The minimum Gasteiger partial charge on any atom is -0.491 e. The number of benzene rings is 2. The lowest BCUT2D eigenvalue weighted by Crippen LogP contribution is -2.20. The molecule has 3 rings (SSSR count). The minimum absolute atomic E-state index is 0.160. The molecule has 1 unspecified atom stereocenters. The van der Waals surface area contributed by atoms with Crippen LogP contribution in [0.25, 0.3) is 11.0 Å². The number of hydrogen-bond donors (Lipinski definition) is 2. The van der Waals surface area contributed by atoms with Gasteiger partial charge >= 0.3 is 0 Å². The van der Waals surface area contributed by atoms with Crippen LogP contribution in [-0.4, -0.2) is 40.6 Å². The lowest BCUT2D eigenvalue weighted by atomic mass is 10.2. The molecule has 1 aromatic heterocycles. The zero-order valence-corrected chi connectivity index (χ0v) is 16.5. The second-order valence-electron chi connectivity index (χ2n) is 5.81. The highest BCUT2D eigenvalue weighted by Crippen LogP contribution is 2.22. The number of aromatic amines is 1. The molecule has 0 saturated carbocycles. The molecule has 27 heavy (non-hydrogen) atoms. The molecule has 144 valence electrons. The zero-order chi connectivity index (χ0) is 19.2. The minimum atomic E-state index is -1.69. The summed E-state index contributed by atoms with van der Waals surface area (Å²) < 4.78 is 25.2. The average Bonchev–Trinajstić information content (AvgIpc) is 3.07. The highest BCUT2D eigenvalue weighted by molar-refractivity contribution is 7.99. The SMILES string of the molecule is CO[S-](=O)=Nc1ccc(OCC(O)CSc2nc3ccc(C)cc3[nH]2)cc1. The Morgan fingerprint density at radius 3 is 2.81 bits per heavy atom. The van der Waals surface area contributed by atoms with Crippen LogP contribution in [0.15, 0.2) is 52.0 Å². The van der Waals surface area contributed by atoms with Crippen molar-refractivity contribution in [1.82, 2.24) is 9.97 Å². The van der Waals surface area contributed by atoms with E-state index in [-0.39, 0.29) is 6.61 Å². The fourth-order valence-corrected chi connectivity index (χ4v) is 3.47. The number of thioether (sulfide) groups is 1. The third-order valence-corrected chi connectivity index (χ3v) is 5.29. The van der Waals surface area contributed by atoms with Gasteiger partial charge in [-0.3, -0.25) is 0 Å². The van der Waals surface area contributed by atoms with Gasteiger partial charge in [0.05, 0.1) is 17.1 Å². The van der Waals surface area contributed by atoms with Crippen molar-refractivity contribution in [2.45, 2.75) is 18.2 Å². The van der Waals surface area contributed by atoms with Gasteiger partial charge in [0, 0.05) is 18.6 Å². The van der Waals surface area contributed by atoms with Crippen LogP contribution in [0.5, 0.6) is 5.75 Å². The number of aryl methyl sites for hydroxylation is 1. The maximum absolute atomic E-state index is 11.2. The van der Waals surface area contributed by atoms with Crippen LogP contribution >= 0.6 is 11.8 Å². The summed E-state index contributed by atoms with van der Waals surface area (Å²) in [5, 5.41) is 10.9. The second-order valence-corrected chi connectivity index (χ2v) is 7.77. The average molecular weight is 407 g/mol. The van der Waals surface area contributed by atoms with Gasteiger partial charge in [-0.15, -0.1) is 0 Å². The van der Waals surface area contributed by atoms with Crippen LogP contribution in [0.2, 0.25) is 0 Å². The molecule has 0 fully saturated rings. The predicted molar refractivity (Wildman–Crippen MR) is 107 cm³/mol. The van der Waals surface area contributed by atoms with Crippen LogP contribution in [0, 0.1) is 6.92 Å². The molecule has 0 aliphatic heterocycles. The van der Waals surface area contributed by atoms with E-state index in [0.717, 1.165) is 16.2 Å². The Bertz CT molecular complexity index is 982. The summed E-state index contributed by atoms with van der Waals surface area (Å²) in [4.78, 5) is 7.74. The van der Waals surface area contributed by atoms with Crippen molar-refractivity contribution >= 4 is 39.4 Å². The fourth-order valence-electron chi connectivity index (χ4n) is 2.31. The van der Waals surface area contributed by atoms with Gasteiger partial charge in [-0.2, -0.15) is 0 Å². The molecule has 2 aromatic carbocycles. The quantitative estimate of drug-likeness (QED) is 0.437. The number of fused-ring (bicyclic) bond motifs is 1. The molecule has 1 heterocycles. The van der Waals surface area contributed by atoms with Crippen LogP contribution < -0.4 is 4.74 Å². The first kappa shape index (κ1) is 19.7. The molecule has 7 nitrogen and oxygen atoms in total. The second kappa shape index (κ2) is 9.23. The standard InChI is InChI=1S/C18H20N3O4S2/c1-12-3-8-16-17(9-12)20-18(19-16)26-11-14(22)10-25-15-6-4-13(5-7-15)21-27(23)24-2/h3-9,14,22H,10-11H2,1-2H3,(H,19,20)/q-1. The molecule has 0 saturated heterocycles. The summed E-state index contributed by atoms with van der Waals surface area (Å²) in [5.41, 5.74) is 3.60. The van der Waals surface area contributed by atoms with Crippen molar-refractivity contribution in [2.24, 2.45) is 4.36 Å². The zero-order valence-electron chi connectivity index (χ0n) is 14.9. The molecule has 0 amide bonds. The molecular weight excluding hydrogens is 386 g/mol. The number of nitrogens with zero attached hydrogens (tertiary/aromatic N) is 2. The molecular formula is C18H20N3O4S2-. The monoisotopic (exact) mass is 406 g/mol. The molecule has 0 aliphatic carbocycles. The Labute approximate surface area is 163 Å². The number of aliphatic hydroxyl groups excluding tert-OH is 1. The smallest absolute Gasteiger partial charge is 0.166 e. The highest BCUT2D eigenvalue weighted by Gasteiger charge is 2.09. The lowest BCUT2D eigenvalue weighted by molar-refractivity contribution is 0.126. The summed E-state index contributed by atoms with van der Waals surface area (Å²) in [6.07, 6.45) is -0.643. The first-order chi connectivity index (χ1) is 13.0. The Balaban J connectivity index is 1.49. The maximum Gasteiger partial charge on any atom is 0.166 e. The number of rotatable bonds is 8. The van der Waals surface area contributed by atoms with Gasteiger partial charge in [0.15, 0.2) is 5.16 Å². The number of imidazole rings is 1. The van der Waals surface area contributed by atoms with Gasteiger partial charge in [0.25, 0.3) is 0 Å².